The maximum absolute atomic E-state index is 11.5. The number of aromatic nitrogens is 1. The quantitative estimate of drug-likeness (QED) is 0.864. The van der Waals surface area contributed by atoms with Gasteiger partial charge in [0.05, 0.1) is 12.7 Å². The Morgan fingerprint density at radius 1 is 1.35 bits per heavy atom. The molecule has 1 heterocycles. The van der Waals surface area contributed by atoms with Gasteiger partial charge in [0, 0.05) is 11.9 Å². The summed E-state index contributed by atoms with van der Waals surface area (Å²) in [5, 5.41) is 3.29. The number of nitrogens with one attached hydrogen (secondary N) is 1. The zero-order valence-corrected chi connectivity index (χ0v) is 11.9. The number of pyridine rings is 1. The Morgan fingerprint density at radius 3 is 2.85 bits per heavy atom. The van der Waals surface area contributed by atoms with Crippen LogP contribution in [0.4, 0.5) is 11.5 Å². The fraction of sp³-hybridized carbons (Fsp3) is 0.250. The second-order valence-electron chi connectivity index (χ2n) is 4.51. The molecular weight excluding hydrogens is 252 g/mol. The summed E-state index contributed by atoms with van der Waals surface area (Å²) >= 11 is 0. The van der Waals surface area contributed by atoms with E-state index < -0.39 is 0 Å². The van der Waals surface area contributed by atoms with Crippen molar-refractivity contribution in [3.63, 3.8) is 0 Å². The lowest BCUT2D eigenvalue weighted by molar-refractivity contribution is 0.0600. The predicted molar refractivity (Wildman–Crippen MR) is 79.4 cm³/mol. The number of ether oxygens (including phenoxy) is 1. The van der Waals surface area contributed by atoms with Gasteiger partial charge in [-0.15, -0.1) is 0 Å². The van der Waals surface area contributed by atoms with Crippen LogP contribution in [0.1, 0.15) is 28.4 Å². The Hall–Kier alpha value is -2.36. The van der Waals surface area contributed by atoms with Crippen LogP contribution in [0, 0.1) is 6.92 Å². The number of esters is 1. The Bertz CT molecular complexity index is 624. The van der Waals surface area contributed by atoms with Gasteiger partial charge in [0.1, 0.15) is 5.82 Å². The third kappa shape index (κ3) is 2.96. The van der Waals surface area contributed by atoms with Crippen molar-refractivity contribution in [1.29, 1.82) is 0 Å². The predicted octanol–water partition coefficient (Wildman–Crippen LogP) is 3.48. The number of nitrogens with zero attached hydrogens (tertiary/aromatic N) is 1. The van der Waals surface area contributed by atoms with E-state index in [1.807, 2.05) is 19.1 Å². The van der Waals surface area contributed by atoms with E-state index in [1.165, 1.54) is 12.7 Å². The summed E-state index contributed by atoms with van der Waals surface area (Å²) in [7, 11) is 1.37. The molecule has 0 saturated heterocycles. The first-order valence-electron chi connectivity index (χ1n) is 6.55. The van der Waals surface area contributed by atoms with Crippen LogP contribution in [-0.4, -0.2) is 18.1 Å². The molecule has 0 radical (unpaired) electrons. The van der Waals surface area contributed by atoms with Gasteiger partial charge in [0.25, 0.3) is 0 Å². The van der Waals surface area contributed by atoms with Crippen molar-refractivity contribution in [2.75, 3.05) is 12.4 Å². The molecule has 0 saturated carbocycles. The first kappa shape index (κ1) is 14.1. The van der Waals surface area contributed by atoms with Crippen molar-refractivity contribution in [3.8, 4) is 0 Å². The lowest BCUT2D eigenvalue weighted by atomic mass is 10.1. The van der Waals surface area contributed by atoms with Gasteiger partial charge >= 0.3 is 5.97 Å². The number of hydrogen-bond donors (Lipinski definition) is 1. The van der Waals surface area contributed by atoms with Crippen molar-refractivity contribution in [2.24, 2.45) is 0 Å². The van der Waals surface area contributed by atoms with E-state index >= 15 is 0 Å². The number of carbonyl (C=O) groups excluding carboxylic acids is 1. The summed E-state index contributed by atoms with van der Waals surface area (Å²) in [5.41, 5.74) is 3.89. The standard InChI is InChI=1S/C16H18N2O2/c1-4-12-7-5-6-11(2)15(12)18-14-10-13(8-9-17-14)16(19)20-3/h5-10H,4H2,1-3H3,(H,17,18). The first-order chi connectivity index (χ1) is 9.65. The summed E-state index contributed by atoms with van der Waals surface area (Å²) in [5.74, 6) is 0.271. The van der Waals surface area contributed by atoms with E-state index in [0.29, 0.717) is 11.4 Å². The molecule has 0 spiro atoms. The first-order valence-corrected chi connectivity index (χ1v) is 6.55. The molecule has 2 aromatic rings. The highest BCUT2D eigenvalue weighted by Crippen LogP contribution is 2.24. The third-order valence-electron chi connectivity index (χ3n) is 3.17. The smallest absolute Gasteiger partial charge is 0.338 e. The fourth-order valence-corrected chi connectivity index (χ4v) is 2.07. The number of anilines is 2. The molecule has 1 aromatic heterocycles. The average molecular weight is 270 g/mol. The molecule has 0 aliphatic carbocycles. The Kier molecular flexibility index (Phi) is 4.35. The van der Waals surface area contributed by atoms with Gasteiger partial charge in [-0.1, -0.05) is 25.1 Å². The van der Waals surface area contributed by atoms with Crippen LogP contribution >= 0.6 is 0 Å². The largest absolute Gasteiger partial charge is 0.465 e. The van der Waals surface area contributed by atoms with Crippen LogP contribution in [0.5, 0.6) is 0 Å². The summed E-state index contributed by atoms with van der Waals surface area (Å²) < 4.78 is 4.72. The number of para-hydroxylation sites is 1. The number of benzene rings is 1. The Balaban J connectivity index is 2.33. The van der Waals surface area contributed by atoms with Crippen LogP contribution in [0.3, 0.4) is 0 Å². The van der Waals surface area contributed by atoms with Gasteiger partial charge in [0.15, 0.2) is 0 Å². The van der Waals surface area contributed by atoms with Gasteiger partial charge in [-0.05, 0) is 36.6 Å². The highest BCUT2D eigenvalue weighted by Gasteiger charge is 2.09. The SMILES string of the molecule is CCc1cccc(C)c1Nc1cc(C(=O)OC)ccn1. The topological polar surface area (TPSA) is 51.2 Å². The van der Waals surface area contributed by atoms with Gasteiger partial charge < -0.3 is 10.1 Å². The lowest BCUT2D eigenvalue weighted by Gasteiger charge is -2.13. The van der Waals surface area contributed by atoms with Crippen LogP contribution in [0.25, 0.3) is 0 Å². The Morgan fingerprint density at radius 2 is 2.15 bits per heavy atom. The maximum Gasteiger partial charge on any atom is 0.338 e. The van der Waals surface area contributed by atoms with Crippen molar-refractivity contribution >= 4 is 17.5 Å². The minimum absolute atomic E-state index is 0.365. The molecule has 0 unspecified atom stereocenters. The molecule has 20 heavy (non-hydrogen) atoms. The second-order valence-corrected chi connectivity index (χ2v) is 4.51. The third-order valence-corrected chi connectivity index (χ3v) is 3.17. The molecule has 104 valence electrons. The molecule has 0 fully saturated rings. The molecule has 2 rings (SSSR count). The molecule has 4 heteroatoms. The van der Waals surface area contributed by atoms with Gasteiger partial charge in [0.2, 0.25) is 0 Å². The maximum atomic E-state index is 11.5. The van der Waals surface area contributed by atoms with Gasteiger partial charge in [-0.3, -0.25) is 0 Å². The second kappa shape index (κ2) is 6.19. The van der Waals surface area contributed by atoms with E-state index in [1.54, 1.807) is 18.3 Å². The highest BCUT2D eigenvalue weighted by atomic mass is 16.5. The molecule has 4 nitrogen and oxygen atoms in total. The van der Waals surface area contributed by atoms with E-state index in [0.717, 1.165) is 17.7 Å². The van der Waals surface area contributed by atoms with Crippen LogP contribution in [0.15, 0.2) is 36.5 Å². The molecule has 0 bridgehead atoms. The molecule has 0 atom stereocenters. The number of hydrogen-bond acceptors (Lipinski definition) is 4. The molecular formula is C16H18N2O2. The summed E-state index contributed by atoms with van der Waals surface area (Å²) in [6, 6.07) is 9.50. The fourth-order valence-electron chi connectivity index (χ4n) is 2.07. The van der Waals surface area contributed by atoms with Gasteiger partial charge in [-0.25, -0.2) is 9.78 Å². The van der Waals surface area contributed by atoms with E-state index in [2.05, 4.69) is 23.3 Å². The number of rotatable bonds is 4. The molecule has 0 aliphatic heterocycles. The highest BCUT2D eigenvalue weighted by molar-refractivity contribution is 5.90. The molecule has 0 amide bonds. The van der Waals surface area contributed by atoms with Crippen molar-refractivity contribution in [2.45, 2.75) is 20.3 Å². The number of carbonyl (C=O) groups is 1. The zero-order valence-electron chi connectivity index (χ0n) is 11.9. The summed E-state index contributed by atoms with van der Waals surface area (Å²) in [6.07, 6.45) is 2.53. The van der Waals surface area contributed by atoms with Gasteiger partial charge in [-0.2, -0.15) is 0 Å². The van der Waals surface area contributed by atoms with Crippen molar-refractivity contribution < 1.29 is 9.53 Å². The van der Waals surface area contributed by atoms with E-state index in [4.69, 9.17) is 4.74 Å². The van der Waals surface area contributed by atoms with E-state index in [9.17, 15) is 4.79 Å². The Labute approximate surface area is 118 Å². The lowest BCUT2D eigenvalue weighted by Crippen LogP contribution is -2.04. The minimum Gasteiger partial charge on any atom is -0.465 e. The van der Waals surface area contributed by atoms with Crippen LogP contribution < -0.4 is 5.32 Å². The molecule has 1 N–H and O–H groups in total. The summed E-state index contributed by atoms with van der Waals surface area (Å²) in [4.78, 5) is 15.8. The molecule has 1 aromatic carbocycles. The van der Waals surface area contributed by atoms with Crippen molar-refractivity contribution in [3.05, 3.63) is 53.2 Å². The average Bonchev–Trinajstić information content (AvgIpc) is 2.48. The monoisotopic (exact) mass is 270 g/mol. The van der Waals surface area contributed by atoms with E-state index in [-0.39, 0.29) is 5.97 Å². The minimum atomic E-state index is -0.365. The summed E-state index contributed by atoms with van der Waals surface area (Å²) in [6.45, 7) is 4.16. The number of methoxy groups -OCH3 is 1. The van der Waals surface area contributed by atoms with Crippen LogP contribution in [-0.2, 0) is 11.2 Å². The zero-order chi connectivity index (χ0) is 14.5. The van der Waals surface area contributed by atoms with Crippen molar-refractivity contribution in [1.82, 2.24) is 4.98 Å². The normalized spacial score (nSPS) is 10.2. The van der Waals surface area contributed by atoms with Crippen LogP contribution in [0.2, 0.25) is 0 Å². The number of aryl methyl sites for hydroxylation is 2. The molecule has 0 aliphatic rings.